The van der Waals surface area contributed by atoms with E-state index in [0.717, 1.165) is 0 Å². The number of hydrogen-bond donors (Lipinski definition) is 2. The Balaban J connectivity index is 0. The lowest BCUT2D eigenvalue weighted by atomic mass is 10.3. The van der Waals surface area contributed by atoms with Gasteiger partial charge in [0.05, 0.1) is 0 Å². The van der Waals surface area contributed by atoms with Crippen LogP contribution in [0.15, 0.2) is 12.7 Å². The summed E-state index contributed by atoms with van der Waals surface area (Å²) in [5.41, 5.74) is 0. The molecule has 3 nitrogen and oxygen atoms in total. The number of carboxylic acid groups (broad SMARTS) is 2. The zero-order valence-corrected chi connectivity index (χ0v) is 9.71. The summed E-state index contributed by atoms with van der Waals surface area (Å²) in [5, 5.41) is 13.9. The maximum Gasteiger partial charge on any atom is 0.503 e. The van der Waals surface area contributed by atoms with Crippen LogP contribution in [0, 0.1) is 0 Å². The van der Waals surface area contributed by atoms with Gasteiger partial charge in [0.15, 0.2) is 0 Å². The molecule has 78 valence electrons. The summed E-state index contributed by atoms with van der Waals surface area (Å²) in [7, 11) is -0.742. The highest BCUT2D eigenvalue weighted by atomic mass is 28.3. The maximum absolute atomic E-state index is 8.56. The van der Waals surface area contributed by atoms with Crippen molar-refractivity contribution in [2.24, 2.45) is 0 Å². The second-order valence-corrected chi connectivity index (χ2v) is 9.65. The molecular formula is C9H20O3Si. The second-order valence-electron chi connectivity index (χ2n) is 4.02. The largest absolute Gasteiger partial charge is 0.503 e. The van der Waals surface area contributed by atoms with Crippen LogP contribution < -0.4 is 0 Å². The van der Waals surface area contributed by atoms with Crippen LogP contribution in [0.4, 0.5) is 4.79 Å². The highest BCUT2D eigenvalue weighted by molar-refractivity contribution is 6.76. The lowest BCUT2D eigenvalue weighted by molar-refractivity contribution is 0.137. The molecule has 0 aromatic carbocycles. The third-order valence-electron chi connectivity index (χ3n) is 1.34. The fourth-order valence-corrected chi connectivity index (χ4v) is 2.04. The molecule has 0 heterocycles. The van der Waals surface area contributed by atoms with Gasteiger partial charge in [0.25, 0.3) is 0 Å². The molecule has 0 aliphatic rings. The monoisotopic (exact) mass is 204 g/mol. The molecule has 0 rings (SSSR count). The Kier molecular flexibility index (Phi) is 8.90. The Morgan fingerprint density at radius 3 is 2.00 bits per heavy atom. The van der Waals surface area contributed by atoms with Crippen molar-refractivity contribution in [2.75, 3.05) is 0 Å². The molecule has 0 fully saturated rings. The normalized spacial score (nSPS) is 9.77. The molecule has 0 unspecified atom stereocenters. The second kappa shape index (κ2) is 7.85. The first-order valence-electron chi connectivity index (χ1n) is 4.32. The van der Waals surface area contributed by atoms with Crippen LogP contribution in [0.2, 0.25) is 25.7 Å². The van der Waals surface area contributed by atoms with Gasteiger partial charge in [-0.2, -0.15) is 0 Å². The summed E-state index contributed by atoms with van der Waals surface area (Å²) in [6.07, 6.45) is 2.73. The van der Waals surface area contributed by atoms with Gasteiger partial charge < -0.3 is 10.2 Å². The predicted octanol–water partition coefficient (Wildman–Crippen LogP) is 3.51. The summed E-state index contributed by atoms with van der Waals surface area (Å²) in [6, 6.07) is 1.44. The molecule has 0 atom stereocenters. The Hall–Kier alpha value is -0.773. The van der Waals surface area contributed by atoms with E-state index < -0.39 is 14.2 Å². The average molecular weight is 204 g/mol. The molecule has 0 amide bonds. The molecule has 13 heavy (non-hydrogen) atoms. The van der Waals surface area contributed by atoms with Crippen molar-refractivity contribution in [3.63, 3.8) is 0 Å². The van der Waals surface area contributed by atoms with Gasteiger partial charge in [0.2, 0.25) is 0 Å². The maximum atomic E-state index is 8.56. The molecule has 0 spiro atoms. The van der Waals surface area contributed by atoms with Crippen molar-refractivity contribution in [2.45, 2.75) is 38.5 Å². The third-order valence-corrected chi connectivity index (χ3v) is 3.19. The predicted molar refractivity (Wildman–Crippen MR) is 58.2 cm³/mol. The van der Waals surface area contributed by atoms with E-state index in [-0.39, 0.29) is 0 Å². The van der Waals surface area contributed by atoms with Crippen molar-refractivity contribution in [3.8, 4) is 0 Å². The number of allylic oxidation sites excluding steroid dienone is 1. The first-order chi connectivity index (χ1) is 5.79. The molecule has 4 heteroatoms. The summed E-state index contributed by atoms with van der Waals surface area (Å²) >= 11 is 0. The van der Waals surface area contributed by atoms with E-state index in [2.05, 4.69) is 26.2 Å². The molecule has 2 N–H and O–H groups in total. The lowest BCUT2D eigenvalue weighted by Gasteiger charge is -2.13. The van der Waals surface area contributed by atoms with Gasteiger partial charge in [-0.25, -0.2) is 4.79 Å². The quantitative estimate of drug-likeness (QED) is 0.418. The molecule has 0 radical (unpaired) electrons. The molecular weight excluding hydrogens is 184 g/mol. The van der Waals surface area contributed by atoms with E-state index in [1.54, 1.807) is 0 Å². The van der Waals surface area contributed by atoms with E-state index in [9.17, 15) is 0 Å². The smallest absolute Gasteiger partial charge is 0.450 e. The minimum Gasteiger partial charge on any atom is -0.450 e. The first-order valence-corrected chi connectivity index (χ1v) is 8.03. The van der Waals surface area contributed by atoms with Gasteiger partial charge in [-0.3, -0.25) is 0 Å². The molecule has 0 bridgehead atoms. The van der Waals surface area contributed by atoms with E-state index in [0.29, 0.717) is 0 Å². The summed E-state index contributed by atoms with van der Waals surface area (Å²) < 4.78 is 0. The molecule has 0 aromatic rings. The van der Waals surface area contributed by atoms with Crippen molar-refractivity contribution < 1.29 is 15.0 Å². The number of hydrogen-bond acceptors (Lipinski definition) is 1. The summed E-state index contributed by atoms with van der Waals surface area (Å²) in [5.74, 6) is 0. The average Bonchev–Trinajstić information content (AvgIpc) is 1.83. The molecule has 0 aromatic heterocycles. The van der Waals surface area contributed by atoms with E-state index in [1.807, 2.05) is 6.08 Å². The Bertz CT molecular complexity index is 145. The van der Waals surface area contributed by atoms with Gasteiger partial charge in [0.1, 0.15) is 0 Å². The minimum atomic E-state index is -1.83. The van der Waals surface area contributed by atoms with E-state index in [4.69, 9.17) is 15.0 Å². The van der Waals surface area contributed by atoms with Gasteiger partial charge >= 0.3 is 6.16 Å². The summed E-state index contributed by atoms with van der Waals surface area (Å²) in [6.45, 7) is 10.9. The first kappa shape index (κ1) is 14.7. The van der Waals surface area contributed by atoms with Gasteiger partial charge in [-0.05, 0) is 6.42 Å². The minimum absolute atomic E-state index is 0.742. The molecule has 0 aliphatic carbocycles. The zero-order chi connectivity index (χ0) is 10.9. The fraction of sp³-hybridized carbons (Fsp3) is 0.667. The molecule has 0 saturated heterocycles. The zero-order valence-electron chi connectivity index (χ0n) is 8.71. The SMILES string of the molecule is C=CCCC[Si](C)(C)C.O=C(O)O. The highest BCUT2D eigenvalue weighted by Gasteiger charge is 2.10. The molecule has 0 aliphatic heterocycles. The van der Waals surface area contributed by atoms with E-state index in [1.165, 1.54) is 18.9 Å². The third kappa shape index (κ3) is 35.0. The Morgan fingerprint density at radius 2 is 1.77 bits per heavy atom. The van der Waals surface area contributed by atoms with Crippen LogP contribution in [0.25, 0.3) is 0 Å². The lowest BCUT2D eigenvalue weighted by Crippen LogP contribution is -2.18. The van der Waals surface area contributed by atoms with Crippen molar-refractivity contribution >= 4 is 14.2 Å². The van der Waals surface area contributed by atoms with Crippen molar-refractivity contribution in [1.82, 2.24) is 0 Å². The standard InChI is InChI=1S/C8H18Si.CH2O3/c1-5-6-7-8-9(2,3)4;2-1(3)4/h5H,1,6-8H2,2-4H3;(H2,2,3,4). The summed E-state index contributed by atoms with van der Waals surface area (Å²) in [4.78, 5) is 8.56. The fourth-order valence-electron chi connectivity index (χ4n) is 0.777. The van der Waals surface area contributed by atoms with Gasteiger partial charge in [-0.15, -0.1) is 6.58 Å². The highest BCUT2D eigenvalue weighted by Crippen LogP contribution is 2.12. The number of unbranched alkanes of at least 4 members (excludes halogenated alkanes) is 1. The Labute approximate surface area is 81.1 Å². The number of carbonyl (C=O) groups is 1. The van der Waals surface area contributed by atoms with Gasteiger partial charge in [0, 0.05) is 8.07 Å². The van der Waals surface area contributed by atoms with Gasteiger partial charge in [-0.1, -0.05) is 38.2 Å². The van der Waals surface area contributed by atoms with Crippen LogP contribution in [0.3, 0.4) is 0 Å². The van der Waals surface area contributed by atoms with Crippen molar-refractivity contribution in [3.05, 3.63) is 12.7 Å². The van der Waals surface area contributed by atoms with Crippen LogP contribution in [-0.4, -0.2) is 24.4 Å². The van der Waals surface area contributed by atoms with Crippen molar-refractivity contribution in [1.29, 1.82) is 0 Å². The van der Waals surface area contributed by atoms with Crippen LogP contribution in [0.1, 0.15) is 12.8 Å². The van der Waals surface area contributed by atoms with Crippen LogP contribution >= 0.6 is 0 Å². The number of rotatable bonds is 4. The van der Waals surface area contributed by atoms with E-state index >= 15 is 0 Å². The van der Waals surface area contributed by atoms with Crippen LogP contribution in [0.5, 0.6) is 0 Å². The molecule has 0 saturated carbocycles. The Morgan fingerprint density at radius 1 is 1.38 bits per heavy atom. The topological polar surface area (TPSA) is 57.5 Å². The van der Waals surface area contributed by atoms with Crippen LogP contribution in [-0.2, 0) is 0 Å².